The molecule has 0 N–H and O–H groups in total. The lowest BCUT2D eigenvalue weighted by Gasteiger charge is -1.98. The second kappa shape index (κ2) is 5.20. The van der Waals surface area contributed by atoms with Crippen molar-refractivity contribution >= 4 is 11.6 Å². The largest absolute Gasteiger partial charge is 0.461 e. The Bertz CT molecular complexity index is 786. The number of hydrogen-bond acceptors (Lipinski definition) is 4. The van der Waals surface area contributed by atoms with Crippen LogP contribution < -0.4 is 0 Å². The van der Waals surface area contributed by atoms with E-state index in [1.54, 1.807) is 18.3 Å². The number of Topliss-reactive ketones (excluding diaryl/α,β-unsaturated/α-hetero) is 1. The molecule has 0 atom stereocenters. The summed E-state index contributed by atoms with van der Waals surface area (Å²) in [5, 5.41) is 4.22. The summed E-state index contributed by atoms with van der Waals surface area (Å²) in [6, 6.07) is 12.5. The Morgan fingerprint density at radius 3 is 2.48 bits per heavy atom. The van der Waals surface area contributed by atoms with Gasteiger partial charge >= 0.3 is 0 Å². The zero-order valence-corrected chi connectivity index (χ0v) is 11.3. The van der Waals surface area contributed by atoms with E-state index in [1.807, 2.05) is 30.3 Å². The number of aromatic nitrogens is 2. The van der Waals surface area contributed by atoms with Gasteiger partial charge in [0.2, 0.25) is 5.78 Å². The summed E-state index contributed by atoms with van der Waals surface area (Å²) in [4.78, 5) is 24.1. The van der Waals surface area contributed by atoms with Gasteiger partial charge in [-0.1, -0.05) is 18.2 Å². The molecule has 0 aliphatic rings. The van der Waals surface area contributed by atoms with Crippen molar-refractivity contribution in [3.05, 3.63) is 71.9 Å². The molecular formula is C16H12N2O3. The number of ketones is 2. The maximum absolute atomic E-state index is 12.4. The summed E-state index contributed by atoms with van der Waals surface area (Å²) in [6.07, 6.45) is 2.97. The van der Waals surface area contributed by atoms with Crippen LogP contribution in [0, 0.1) is 0 Å². The van der Waals surface area contributed by atoms with E-state index < -0.39 is 0 Å². The zero-order valence-electron chi connectivity index (χ0n) is 11.3. The minimum atomic E-state index is -0.354. The molecular weight excluding hydrogens is 268 g/mol. The Morgan fingerprint density at radius 1 is 1.10 bits per heavy atom. The second-order valence-electron chi connectivity index (χ2n) is 4.53. The Hall–Kier alpha value is -2.95. The van der Waals surface area contributed by atoms with Gasteiger partial charge in [-0.05, 0) is 24.3 Å². The Balaban J connectivity index is 2.10. The molecule has 0 aliphatic heterocycles. The van der Waals surface area contributed by atoms with Crippen LogP contribution in [0.5, 0.6) is 0 Å². The first-order valence-corrected chi connectivity index (χ1v) is 6.41. The maximum atomic E-state index is 12.4. The highest BCUT2D eigenvalue weighted by atomic mass is 16.3. The highest BCUT2D eigenvalue weighted by Crippen LogP contribution is 2.17. The fourth-order valence-corrected chi connectivity index (χ4v) is 2.05. The first-order valence-electron chi connectivity index (χ1n) is 6.41. The number of furan rings is 1. The number of carbonyl (C=O) groups is 2. The van der Waals surface area contributed by atoms with Gasteiger partial charge in [0.05, 0.1) is 17.5 Å². The molecule has 5 nitrogen and oxygen atoms in total. The number of benzene rings is 1. The van der Waals surface area contributed by atoms with Crippen LogP contribution in [0.4, 0.5) is 0 Å². The lowest BCUT2D eigenvalue weighted by Crippen LogP contribution is -2.05. The molecule has 2 heterocycles. The van der Waals surface area contributed by atoms with Gasteiger partial charge < -0.3 is 4.42 Å². The molecule has 21 heavy (non-hydrogen) atoms. The average Bonchev–Trinajstić information content (AvgIpc) is 3.17. The predicted molar refractivity (Wildman–Crippen MR) is 75.7 cm³/mol. The van der Waals surface area contributed by atoms with Gasteiger partial charge in [-0.25, -0.2) is 4.68 Å². The molecule has 0 radical (unpaired) electrons. The van der Waals surface area contributed by atoms with E-state index in [-0.39, 0.29) is 28.6 Å². The van der Waals surface area contributed by atoms with Crippen molar-refractivity contribution in [1.29, 1.82) is 0 Å². The molecule has 2 aromatic heterocycles. The third-order valence-electron chi connectivity index (χ3n) is 3.06. The van der Waals surface area contributed by atoms with Crippen molar-refractivity contribution in [1.82, 2.24) is 9.78 Å². The quantitative estimate of drug-likeness (QED) is 0.689. The van der Waals surface area contributed by atoms with Crippen molar-refractivity contribution in [2.45, 2.75) is 6.92 Å². The first-order chi connectivity index (χ1) is 10.2. The first kappa shape index (κ1) is 13.1. The molecule has 104 valence electrons. The summed E-state index contributed by atoms with van der Waals surface area (Å²) >= 11 is 0. The summed E-state index contributed by atoms with van der Waals surface area (Å²) in [7, 11) is 0. The van der Waals surface area contributed by atoms with Crippen molar-refractivity contribution < 1.29 is 14.0 Å². The van der Waals surface area contributed by atoms with Crippen molar-refractivity contribution in [3.63, 3.8) is 0 Å². The molecule has 5 heteroatoms. The summed E-state index contributed by atoms with van der Waals surface area (Å²) in [6.45, 7) is 1.39. The van der Waals surface area contributed by atoms with Gasteiger partial charge in [0.1, 0.15) is 5.69 Å². The Labute approximate surface area is 120 Å². The number of para-hydroxylation sites is 1. The van der Waals surface area contributed by atoms with E-state index in [1.165, 1.54) is 17.9 Å². The molecule has 0 spiro atoms. The molecule has 0 saturated heterocycles. The zero-order chi connectivity index (χ0) is 14.8. The number of rotatable bonds is 4. The van der Waals surface area contributed by atoms with Crippen LogP contribution in [0.25, 0.3) is 5.69 Å². The molecule has 3 aromatic rings. The van der Waals surface area contributed by atoms with Crippen LogP contribution >= 0.6 is 0 Å². The molecule has 0 fully saturated rings. The fourth-order valence-electron chi connectivity index (χ4n) is 2.05. The number of nitrogens with zero attached hydrogens (tertiary/aromatic N) is 2. The molecule has 0 aliphatic carbocycles. The molecule has 3 rings (SSSR count). The van der Waals surface area contributed by atoms with E-state index >= 15 is 0 Å². The van der Waals surface area contributed by atoms with E-state index in [9.17, 15) is 9.59 Å². The van der Waals surface area contributed by atoms with Gasteiger partial charge in [0.15, 0.2) is 11.5 Å². The molecule has 0 unspecified atom stereocenters. The smallest absolute Gasteiger partial charge is 0.232 e. The van der Waals surface area contributed by atoms with Crippen LogP contribution in [0.2, 0.25) is 0 Å². The second-order valence-corrected chi connectivity index (χ2v) is 4.53. The van der Waals surface area contributed by atoms with E-state index in [2.05, 4.69) is 5.10 Å². The highest BCUT2D eigenvalue weighted by molar-refractivity contribution is 6.13. The monoisotopic (exact) mass is 280 g/mol. The van der Waals surface area contributed by atoms with E-state index in [0.717, 1.165) is 5.69 Å². The van der Waals surface area contributed by atoms with E-state index in [0.29, 0.717) is 0 Å². The van der Waals surface area contributed by atoms with Gasteiger partial charge in [-0.15, -0.1) is 0 Å². The van der Waals surface area contributed by atoms with E-state index in [4.69, 9.17) is 4.42 Å². The molecule has 0 amide bonds. The SMILES string of the molecule is CC(=O)c1nn(-c2ccccc2)cc1C(=O)c1ccco1. The predicted octanol–water partition coefficient (Wildman–Crippen LogP) is 2.90. The minimum absolute atomic E-state index is 0.139. The number of hydrogen-bond donors (Lipinski definition) is 0. The van der Waals surface area contributed by atoms with Crippen molar-refractivity contribution in [2.75, 3.05) is 0 Å². The normalized spacial score (nSPS) is 10.5. The van der Waals surface area contributed by atoms with Crippen LogP contribution in [0.15, 0.2) is 59.3 Å². The van der Waals surface area contributed by atoms with Gasteiger partial charge in [-0.3, -0.25) is 9.59 Å². The molecule has 1 aromatic carbocycles. The van der Waals surface area contributed by atoms with Crippen LogP contribution in [0.3, 0.4) is 0 Å². The van der Waals surface area contributed by atoms with Gasteiger partial charge in [0, 0.05) is 13.1 Å². The van der Waals surface area contributed by atoms with Crippen LogP contribution in [-0.4, -0.2) is 21.3 Å². The van der Waals surface area contributed by atoms with Crippen LogP contribution in [0.1, 0.15) is 33.5 Å². The third-order valence-corrected chi connectivity index (χ3v) is 3.06. The van der Waals surface area contributed by atoms with Crippen molar-refractivity contribution in [2.24, 2.45) is 0 Å². The fraction of sp³-hybridized carbons (Fsp3) is 0.0625. The van der Waals surface area contributed by atoms with Crippen molar-refractivity contribution in [3.8, 4) is 5.69 Å². The van der Waals surface area contributed by atoms with Gasteiger partial charge in [0.25, 0.3) is 0 Å². The number of carbonyl (C=O) groups excluding carboxylic acids is 2. The average molecular weight is 280 g/mol. The minimum Gasteiger partial charge on any atom is -0.461 e. The highest BCUT2D eigenvalue weighted by Gasteiger charge is 2.22. The summed E-state index contributed by atoms with van der Waals surface area (Å²) in [5.41, 5.74) is 1.15. The van der Waals surface area contributed by atoms with Crippen LogP contribution in [-0.2, 0) is 0 Å². The summed E-state index contributed by atoms with van der Waals surface area (Å²) in [5.74, 6) is -0.433. The Morgan fingerprint density at radius 2 is 1.86 bits per heavy atom. The lowest BCUT2D eigenvalue weighted by molar-refractivity contribution is 0.0977. The topological polar surface area (TPSA) is 65.1 Å². The lowest BCUT2D eigenvalue weighted by atomic mass is 10.1. The maximum Gasteiger partial charge on any atom is 0.232 e. The van der Waals surface area contributed by atoms with Gasteiger partial charge in [-0.2, -0.15) is 5.10 Å². The molecule has 0 bridgehead atoms. The summed E-state index contributed by atoms with van der Waals surface area (Å²) < 4.78 is 6.62. The third kappa shape index (κ3) is 2.41. The standard InChI is InChI=1S/C16H12N2O3/c1-11(19)15-13(16(20)14-8-5-9-21-14)10-18(17-15)12-6-3-2-4-7-12/h2-10H,1H3. The Kier molecular flexibility index (Phi) is 3.23. The molecule has 0 saturated carbocycles.